The van der Waals surface area contributed by atoms with Gasteiger partial charge in [0.25, 0.3) is 0 Å². The molecule has 2 aromatic carbocycles. The van der Waals surface area contributed by atoms with E-state index in [9.17, 15) is 9.59 Å². The molecule has 0 saturated heterocycles. The van der Waals surface area contributed by atoms with Crippen LogP contribution >= 0.6 is 0 Å². The van der Waals surface area contributed by atoms with Gasteiger partial charge in [-0.1, -0.05) is 74.5 Å². The van der Waals surface area contributed by atoms with Crippen LogP contribution in [-0.2, 0) is 22.7 Å². The number of amides is 1. The van der Waals surface area contributed by atoms with Crippen LogP contribution in [0.4, 0.5) is 4.79 Å². The van der Waals surface area contributed by atoms with E-state index in [0.29, 0.717) is 6.54 Å². The van der Waals surface area contributed by atoms with Crippen molar-refractivity contribution in [2.75, 3.05) is 6.54 Å². The molecule has 0 bridgehead atoms. The monoisotopic (exact) mass is 354 g/mol. The number of Topliss-reactive ketones (excluding diaryl/α,β-unsaturated/α-hetero) is 1. The highest BCUT2D eigenvalue weighted by molar-refractivity contribution is 5.89. The lowest BCUT2D eigenvalue weighted by Crippen LogP contribution is -2.47. The van der Waals surface area contributed by atoms with Crippen molar-refractivity contribution in [3.63, 3.8) is 0 Å². The van der Waals surface area contributed by atoms with E-state index >= 15 is 0 Å². The Hall–Kier alpha value is -2.66. The molecule has 0 aliphatic heterocycles. The van der Waals surface area contributed by atoms with Gasteiger partial charge in [0.05, 0.1) is 12.6 Å². The van der Waals surface area contributed by atoms with Gasteiger partial charge in [-0.15, -0.1) is 0 Å². The van der Waals surface area contributed by atoms with Crippen LogP contribution in [-0.4, -0.2) is 24.5 Å². The van der Waals surface area contributed by atoms with Crippen LogP contribution in [0.15, 0.2) is 60.7 Å². The first kappa shape index (κ1) is 19.7. The number of carbonyl (C=O) groups is 2. The molecule has 0 radical (unpaired) electrons. The highest BCUT2D eigenvalue weighted by Crippen LogP contribution is 2.06. The van der Waals surface area contributed by atoms with Crippen LogP contribution in [0, 0.1) is 5.92 Å². The van der Waals surface area contributed by atoms with Gasteiger partial charge in [-0.05, 0) is 17.0 Å². The summed E-state index contributed by atoms with van der Waals surface area (Å²) in [4.78, 5) is 24.5. The molecule has 0 heterocycles. The Kier molecular flexibility index (Phi) is 7.83. The summed E-state index contributed by atoms with van der Waals surface area (Å²) >= 11 is 0. The number of ether oxygens (including phenoxy) is 1. The van der Waals surface area contributed by atoms with E-state index in [1.165, 1.54) is 0 Å². The molecule has 26 heavy (non-hydrogen) atoms. The number of hydrogen-bond acceptors (Lipinski definition) is 4. The Balaban J connectivity index is 1.79. The largest absolute Gasteiger partial charge is 0.445 e. The minimum Gasteiger partial charge on any atom is -0.445 e. The van der Waals surface area contributed by atoms with E-state index in [4.69, 9.17) is 4.74 Å². The summed E-state index contributed by atoms with van der Waals surface area (Å²) < 4.78 is 5.21. The molecule has 1 atom stereocenters. The van der Waals surface area contributed by atoms with Gasteiger partial charge in [0.15, 0.2) is 5.78 Å². The molecule has 0 aromatic heterocycles. The highest BCUT2D eigenvalue weighted by Gasteiger charge is 2.24. The van der Waals surface area contributed by atoms with E-state index in [1.807, 2.05) is 74.5 Å². The lowest BCUT2D eigenvalue weighted by Gasteiger charge is -2.21. The zero-order valence-corrected chi connectivity index (χ0v) is 15.3. The maximum absolute atomic E-state index is 12.5. The van der Waals surface area contributed by atoms with Crippen LogP contribution < -0.4 is 10.6 Å². The number of carbonyl (C=O) groups excluding carboxylic acids is 2. The standard InChI is InChI=1S/C21H26N2O3/c1-16(2)20(19(24)14-22-13-17-9-5-3-6-10-17)23-21(25)26-15-18-11-7-4-8-12-18/h3-12,16,20,22H,13-15H2,1-2H3,(H,23,25)/t20-/m0/s1. The van der Waals surface area contributed by atoms with Crippen molar-refractivity contribution in [3.05, 3.63) is 71.8 Å². The normalized spacial score (nSPS) is 11.8. The number of ketones is 1. The van der Waals surface area contributed by atoms with Crippen molar-refractivity contribution >= 4 is 11.9 Å². The van der Waals surface area contributed by atoms with Crippen molar-refractivity contribution < 1.29 is 14.3 Å². The molecule has 138 valence electrons. The molecule has 5 nitrogen and oxygen atoms in total. The summed E-state index contributed by atoms with van der Waals surface area (Å²) in [6, 6.07) is 18.7. The SMILES string of the molecule is CC(C)[C@H](NC(=O)OCc1ccccc1)C(=O)CNCc1ccccc1. The van der Waals surface area contributed by atoms with Gasteiger partial charge >= 0.3 is 6.09 Å². The second-order valence-electron chi connectivity index (χ2n) is 6.48. The van der Waals surface area contributed by atoms with Gasteiger partial charge in [0.1, 0.15) is 6.61 Å². The summed E-state index contributed by atoms with van der Waals surface area (Å²) in [5.74, 6) is -0.0853. The minimum atomic E-state index is -0.582. The average molecular weight is 354 g/mol. The number of benzene rings is 2. The van der Waals surface area contributed by atoms with Crippen molar-refractivity contribution in [1.82, 2.24) is 10.6 Å². The molecule has 2 aromatic rings. The Morgan fingerprint density at radius 2 is 1.50 bits per heavy atom. The molecule has 0 spiro atoms. The Labute approximate surface area is 154 Å². The number of hydrogen-bond donors (Lipinski definition) is 2. The quantitative estimate of drug-likeness (QED) is 0.725. The summed E-state index contributed by atoms with van der Waals surface area (Å²) in [6.07, 6.45) is -0.580. The van der Waals surface area contributed by atoms with Crippen LogP contribution in [0.2, 0.25) is 0 Å². The lowest BCUT2D eigenvalue weighted by atomic mass is 10.00. The van der Waals surface area contributed by atoms with Gasteiger partial charge in [-0.25, -0.2) is 4.79 Å². The first-order chi connectivity index (χ1) is 12.6. The van der Waals surface area contributed by atoms with Crippen molar-refractivity contribution in [2.24, 2.45) is 5.92 Å². The minimum absolute atomic E-state index is 0.0229. The first-order valence-corrected chi connectivity index (χ1v) is 8.81. The predicted molar refractivity (Wildman–Crippen MR) is 102 cm³/mol. The van der Waals surface area contributed by atoms with Gasteiger partial charge in [-0.3, -0.25) is 4.79 Å². The van der Waals surface area contributed by atoms with E-state index in [1.54, 1.807) is 0 Å². The molecule has 2 N–H and O–H groups in total. The smallest absolute Gasteiger partial charge is 0.408 e. The Bertz CT molecular complexity index is 687. The van der Waals surface area contributed by atoms with Crippen molar-refractivity contribution in [3.8, 4) is 0 Å². The fraction of sp³-hybridized carbons (Fsp3) is 0.333. The third kappa shape index (κ3) is 6.69. The lowest BCUT2D eigenvalue weighted by molar-refractivity contribution is -0.121. The number of nitrogens with one attached hydrogen (secondary N) is 2. The highest BCUT2D eigenvalue weighted by atomic mass is 16.5. The summed E-state index contributed by atoms with van der Waals surface area (Å²) in [5, 5.41) is 5.81. The Morgan fingerprint density at radius 1 is 0.923 bits per heavy atom. The van der Waals surface area contributed by atoms with Crippen LogP contribution in [0.1, 0.15) is 25.0 Å². The molecule has 0 fully saturated rings. The molecule has 0 saturated carbocycles. The van der Waals surface area contributed by atoms with Gasteiger partial charge < -0.3 is 15.4 Å². The van der Waals surface area contributed by atoms with Crippen LogP contribution in [0.3, 0.4) is 0 Å². The fourth-order valence-corrected chi connectivity index (χ4v) is 2.55. The topological polar surface area (TPSA) is 67.4 Å². The number of alkyl carbamates (subject to hydrolysis) is 1. The van der Waals surface area contributed by atoms with Gasteiger partial charge in [-0.2, -0.15) is 0 Å². The third-order valence-corrected chi connectivity index (χ3v) is 3.97. The zero-order chi connectivity index (χ0) is 18.8. The van der Waals surface area contributed by atoms with Crippen molar-refractivity contribution in [2.45, 2.75) is 33.0 Å². The zero-order valence-electron chi connectivity index (χ0n) is 15.3. The molecule has 1 amide bonds. The molecule has 0 unspecified atom stereocenters. The fourth-order valence-electron chi connectivity index (χ4n) is 2.55. The molecular weight excluding hydrogens is 328 g/mol. The van der Waals surface area contributed by atoms with Gasteiger partial charge in [0.2, 0.25) is 0 Å². The average Bonchev–Trinajstić information content (AvgIpc) is 2.65. The van der Waals surface area contributed by atoms with Crippen LogP contribution in [0.5, 0.6) is 0 Å². The first-order valence-electron chi connectivity index (χ1n) is 8.81. The number of rotatable bonds is 9. The van der Waals surface area contributed by atoms with E-state index < -0.39 is 12.1 Å². The third-order valence-electron chi connectivity index (χ3n) is 3.97. The van der Waals surface area contributed by atoms with E-state index in [2.05, 4.69) is 10.6 Å². The van der Waals surface area contributed by atoms with Crippen LogP contribution in [0.25, 0.3) is 0 Å². The molecule has 5 heteroatoms. The summed E-state index contributed by atoms with van der Waals surface area (Å²) in [7, 11) is 0. The second kappa shape index (κ2) is 10.4. The molecule has 0 aliphatic carbocycles. The summed E-state index contributed by atoms with van der Waals surface area (Å²) in [5.41, 5.74) is 2.01. The predicted octanol–water partition coefficient (Wildman–Crippen LogP) is 3.30. The molecule has 0 aliphatic rings. The maximum Gasteiger partial charge on any atom is 0.408 e. The van der Waals surface area contributed by atoms with E-state index in [0.717, 1.165) is 11.1 Å². The summed E-state index contributed by atoms with van der Waals surface area (Å²) in [6.45, 7) is 4.78. The Morgan fingerprint density at radius 3 is 2.08 bits per heavy atom. The molecule has 2 rings (SSSR count). The molecular formula is C21H26N2O3. The maximum atomic E-state index is 12.5. The second-order valence-corrected chi connectivity index (χ2v) is 6.48. The van der Waals surface area contributed by atoms with Gasteiger partial charge in [0, 0.05) is 6.54 Å². The van der Waals surface area contributed by atoms with Crippen molar-refractivity contribution in [1.29, 1.82) is 0 Å². The van der Waals surface area contributed by atoms with E-state index in [-0.39, 0.29) is 24.9 Å².